The Morgan fingerprint density at radius 2 is 2.46 bits per heavy atom. The van der Waals surface area contributed by atoms with Gasteiger partial charge in [0.25, 0.3) is 0 Å². The molecule has 0 aliphatic rings. The van der Waals surface area contributed by atoms with Gasteiger partial charge >= 0.3 is 5.97 Å². The zero-order valence-electron chi connectivity index (χ0n) is 7.59. The summed E-state index contributed by atoms with van der Waals surface area (Å²) >= 11 is 1.55. The van der Waals surface area contributed by atoms with Crippen LogP contribution in [-0.4, -0.2) is 13.1 Å². The fourth-order valence-electron chi connectivity index (χ4n) is 0.883. The van der Waals surface area contributed by atoms with E-state index >= 15 is 0 Å². The number of carbonyl (C=O) groups excluding carboxylic acids is 1. The Bertz CT molecular complexity index is 354. The van der Waals surface area contributed by atoms with Gasteiger partial charge in [0.1, 0.15) is 0 Å². The highest BCUT2D eigenvalue weighted by atomic mass is 32.1. The van der Waals surface area contributed by atoms with Crippen LogP contribution in [0.4, 0.5) is 0 Å². The van der Waals surface area contributed by atoms with Crippen LogP contribution in [0.1, 0.15) is 17.4 Å². The maximum Gasteiger partial charge on any atom is 0.384 e. The molecule has 13 heavy (non-hydrogen) atoms. The molecule has 0 N–H and O–H groups in total. The van der Waals surface area contributed by atoms with E-state index in [0.717, 1.165) is 11.3 Å². The molecular formula is C10H10O2S. The molecule has 0 aliphatic heterocycles. The molecule has 0 amide bonds. The van der Waals surface area contributed by atoms with Crippen LogP contribution in [-0.2, 0) is 16.0 Å². The summed E-state index contributed by atoms with van der Waals surface area (Å²) in [4.78, 5) is 11.7. The number of methoxy groups -OCH3 is 1. The third-order valence-corrected chi connectivity index (χ3v) is 2.46. The van der Waals surface area contributed by atoms with Gasteiger partial charge < -0.3 is 4.74 Å². The lowest BCUT2D eigenvalue weighted by atomic mass is 10.2. The second-order valence-corrected chi connectivity index (χ2v) is 3.29. The van der Waals surface area contributed by atoms with Crippen molar-refractivity contribution in [2.75, 3.05) is 7.11 Å². The topological polar surface area (TPSA) is 26.3 Å². The number of thiophene rings is 1. The first-order valence-corrected chi connectivity index (χ1v) is 4.82. The number of hydrogen-bond donors (Lipinski definition) is 0. The highest BCUT2D eigenvalue weighted by Gasteiger charge is 1.98. The summed E-state index contributed by atoms with van der Waals surface area (Å²) in [6, 6.07) is 2.02. The lowest BCUT2D eigenvalue weighted by Crippen LogP contribution is -1.94. The monoisotopic (exact) mass is 194 g/mol. The van der Waals surface area contributed by atoms with Crippen LogP contribution in [0.15, 0.2) is 11.4 Å². The van der Waals surface area contributed by atoms with Crippen molar-refractivity contribution in [3.63, 3.8) is 0 Å². The molecule has 0 aliphatic carbocycles. The average Bonchev–Trinajstić information content (AvgIpc) is 2.61. The first-order chi connectivity index (χ1) is 6.27. The molecule has 0 saturated heterocycles. The standard InChI is InChI=1S/C10H10O2S/c1-3-8-6-7-13-9(8)4-5-10(11)12-2/h6-7H,3H2,1-2H3. The van der Waals surface area contributed by atoms with E-state index in [1.807, 2.05) is 11.4 Å². The summed E-state index contributed by atoms with van der Waals surface area (Å²) < 4.78 is 4.41. The molecule has 1 aromatic rings. The number of rotatable bonds is 1. The minimum absolute atomic E-state index is 0.490. The quantitative estimate of drug-likeness (QED) is 0.503. The maximum atomic E-state index is 10.7. The predicted molar refractivity (Wildman–Crippen MR) is 52.6 cm³/mol. The van der Waals surface area contributed by atoms with Gasteiger partial charge in [0.05, 0.1) is 12.0 Å². The number of hydrogen-bond acceptors (Lipinski definition) is 3. The van der Waals surface area contributed by atoms with Crippen molar-refractivity contribution in [3.05, 3.63) is 21.9 Å². The van der Waals surface area contributed by atoms with Crippen molar-refractivity contribution in [1.29, 1.82) is 0 Å². The normalized spacial score (nSPS) is 8.77. The van der Waals surface area contributed by atoms with Gasteiger partial charge in [-0.1, -0.05) is 6.92 Å². The van der Waals surface area contributed by atoms with Crippen LogP contribution in [0.3, 0.4) is 0 Å². The largest absolute Gasteiger partial charge is 0.459 e. The molecule has 1 aromatic heterocycles. The van der Waals surface area contributed by atoms with Gasteiger partial charge in [0.15, 0.2) is 0 Å². The molecule has 1 rings (SSSR count). The third kappa shape index (κ3) is 2.60. The number of carbonyl (C=O) groups is 1. The summed E-state index contributed by atoms with van der Waals surface area (Å²) in [7, 11) is 1.33. The third-order valence-electron chi connectivity index (χ3n) is 1.59. The van der Waals surface area contributed by atoms with Crippen LogP contribution >= 0.6 is 11.3 Å². The van der Waals surface area contributed by atoms with Crippen molar-refractivity contribution >= 4 is 17.3 Å². The number of esters is 1. The molecule has 0 radical (unpaired) electrons. The molecule has 0 spiro atoms. The first kappa shape index (κ1) is 9.82. The van der Waals surface area contributed by atoms with Crippen molar-refractivity contribution in [3.8, 4) is 11.8 Å². The number of ether oxygens (including phenoxy) is 1. The fourth-order valence-corrected chi connectivity index (χ4v) is 1.72. The Morgan fingerprint density at radius 1 is 1.69 bits per heavy atom. The van der Waals surface area contributed by atoms with Crippen LogP contribution in [0, 0.1) is 11.8 Å². The summed E-state index contributed by atoms with van der Waals surface area (Å²) in [5.74, 6) is 4.71. The van der Waals surface area contributed by atoms with Crippen LogP contribution in [0.2, 0.25) is 0 Å². The van der Waals surface area contributed by atoms with E-state index in [4.69, 9.17) is 0 Å². The zero-order chi connectivity index (χ0) is 9.68. The average molecular weight is 194 g/mol. The summed E-state index contributed by atoms with van der Waals surface area (Å²) in [5.41, 5.74) is 1.18. The smallest absolute Gasteiger partial charge is 0.384 e. The zero-order valence-corrected chi connectivity index (χ0v) is 8.40. The second-order valence-electron chi connectivity index (χ2n) is 2.37. The lowest BCUT2D eigenvalue weighted by molar-refractivity contribution is -0.133. The molecule has 0 aromatic carbocycles. The van der Waals surface area contributed by atoms with Crippen LogP contribution in [0.25, 0.3) is 0 Å². The second kappa shape index (κ2) is 4.68. The van der Waals surface area contributed by atoms with Gasteiger partial charge in [-0.25, -0.2) is 4.79 Å². The van der Waals surface area contributed by atoms with Crippen molar-refractivity contribution < 1.29 is 9.53 Å². The summed E-state index contributed by atoms with van der Waals surface area (Å²) in [6.07, 6.45) is 0.939. The van der Waals surface area contributed by atoms with E-state index in [2.05, 4.69) is 23.5 Å². The molecule has 68 valence electrons. The SMILES string of the molecule is CCc1ccsc1C#CC(=O)OC. The Morgan fingerprint density at radius 3 is 3.08 bits per heavy atom. The number of aryl methyl sites for hydroxylation is 1. The highest BCUT2D eigenvalue weighted by molar-refractivity contribution is 7.10. The fraction of sp³-hybridized carbons (Fsp3) is 0.300. The minimum atomic E-state index is -0.490. The predicted octanol–water partition coefficient (Wildman–Crippen LogP) is 1.84. The van der Waals surface area contributed by atoms with Gasteiger partial charge in [-0.2, -0.15) is 0 Å². The Balaban J connectivity index is 2.82. The van der Waals surface area contributed by atoms with Crippen molar-refractivity contribution in [2.24, 2.45) is 0 Å². The van der Waals surface area contributed by atoms with Crippen molar-refractivity contribution in [1.82, 2.24) is 0 Å². The molecule has 0 atom stereocenters. The summed E-state index contributed by atoms with van der Waals surface area (Å²) in [6.45, 7) is 2.06. The van der Waals surface area contributed by atoms with Crippen LogP contribution in [0.5, 0.6) is 0 Å². The Labute approximate surface area is 81.5 Å². The molecule has 2 nitrogen and oxygen atoms in total. The molecule has 3 heteroatoms. The van der Waals surface area contributed by atoms with Gasteiger partial charge in [0.2, 0.25) is 0 Å². The van der Waals surface area contributed by atoms with Gasteiger partial charge in [-0.05, 0) is 29.4 Å². The van der Waals surface area contributed by atoms with Crippen molar-refractivity contribution in [2.45, 2.75) is 13.3 Å². The molecule has 0 unspecified atom stereocenters. The molecule has 0 bridgehead atoms. The van der Waals surface area contributed by atoms with E-state index in [0.29, 0.717) is 0 Å². The van der Waals surface area contributed by atoms with E-state index < -0.39 is 5.97 Å². The minimum Gasteiger partial charge on any atom is -0.459 e. The van der Waals surface area contributed by atoms with E-state index in [1.54, 1.807) is 11.3 Å². The van der Waals surface area contributed by atoms with Gasteiger partial charge in [0, 0.05) is 5.92 Å². The molecule has 1 heterocycles. The summed E-state index contributed by atoms with van der Waals surface area (Å²) in [5, 5.41) is 1.97. The van der Waals surface area contributed by atoms with Gasteiger partial charge in [-0.15, -0.1) is 11.3 Å². The lowest BCUT2D eigenvalue weighted by Gasteiger charge is -1.89. The van der Waals surface area contributed by atoms with Crippen LogP contribution < -0.4 is 0 Å². The van der Waals surface area contributed by atoms with E-state index in [9.17, 15) is 4.79 Å². The van der Waals surface area contributed by atoms with E-state index in [-0.39, 0.29) is 0 Å². The maximum absolute atomic E-state index is 10.7. The molecule has 0 fully saturated rings. The first-order valence-electron chi connectivity index (χ1n) is 3.94. The highest BCUT2D eigenvalue weighted by Crippen LogP contribution is 2.15. The van der Waals surface area contributed by atoms with Gasteiger partial charge in [-0.3, -0.25) is 0 Å². The van der Waals surface area contributed by atoms with E-state index in [1.165, 1.54) is 12.7 Å². The molecular weight excluding hydrogens is 184 g/mol. The molecule has 0 saturated carbocycles. The Hall–Kier alpha value is -1.27. The Kier molecular flexibility index (Phi) is 3.53.